The van der Waals surface area contributed by atoms with Crippen molar-refractivity contribution < 1.29 is 32.3 Å². The van der Waals surface area contributed by atoms with Crippen LogP contribution in [0.15, 0.2) is 0 Å². The number of hydrogen-bond acceptors (Lipinski definition) is 4. The van der Waals surface area contributed by atoms with Crippen LogP contribution in [0.5, 0.6) is 0 Å². The first-order valence-electron chi connectivity index (χ1n) is 7.81. The first-order chi connectivity index (χ1) is 11.5. The summed E-state index contributed by atoms with van der Waals surface area (Å²) in [5.74, 6) is -1.16. The third kappa shape index (κ3) is 4.60. The summed E-state index contributed by atoms with van der Waals surface area (Å²) in [7, 11) is 0. The molecule has 11 heteroatoms. The van der Waals surface area contributed by atoms with Crippen LogP contribution < -0.4 is 16.0 Å². The van der Waals surface area contributed by atoms with Crippen LogP contribution in [-0.2, 0) is 9.59 Å². The number of imide groups is 2. The van der Waals surface area contributed by atoms with E-state index >= 15 is 0 Å². The number of carbonyl (C=O) groups is 4. The van der Waals surface area contributed by atoms with E-state index in [0.29, 0.717) is 23.7 Å². The fraction of sp³-hybridized carbons (Fsp3) is 0.714. The predicted molar refractivity (Wildman–Crippen MR) is 78.2 cm³/mol. The third-order valence-electron chi connectivity index (χ3n) is 4.38. The number of carbonyl (C=O) groups excluding carboxylic acids is 4. The number of amides is 6. The lowest BCUT2D eigenvalue weighted by Crippen LogP contribution is -2.50. The van der Waals surface area contributed by atoms with E-state index in [0.717, 1.165) is 12.8 Å². The van der Waals surface area contributed by atoms with Gasteiger partial charge in [0.1, 0.15) is 18.6 Å². The Morgan fingerprint density at radius 2 is 1.88 bits per heavy atom. The van der Waals surface area contributed by atoms with Crippen molar-refractivity contribution in [1.29, 1.82) is 0 Å². The van der Waals surface area contributed by atoms with Gasteiger partial charge in [-0.15, -0.1) is 0 Å². The number of rotatable bonds is 3. The van der Waals surface area contributed by atoms with Crippen LogP contribution in [0.4, 0.5) is 22.8 Å². The van der Waals surface area contributed by atoms with Gasteiger partial charge in [0, 0.05) is 0 Å². The zero-order valence-electron chi connectivity index (χ0n) is 13.5. The van der Waals surface area contributed by atoms with Gasteiger partial charge in [-0.3, -0.25) is 19.8 Å². The van der Waals surface area contributed by atoms with Crippen LogP contribution in [0.1, 0.15) is 32.6 Å². The van der Waals surface area contributed by atoms with Crippen LogP contribution >= 0.6 is 0 Å². The molecule has 6 amide bonds. The summed E-state index contributed by atoms with van der Waals surface area (Å²) in [4.78, 5) is 48.1. The SMILES string of the molecule is CC1CCC2(CC1)NC(=O)N(CC(=O)NC(=O)NCC(F)(F)F)C2=O. The second-order valence-electron chi connectivity index (χ2n) is 6.43. The van der Waals surface area contributed by atoms with Crippen LogP contribution in [-0.4, -0.2) is 53.6 Å². The molecule has 0 unspecified atom stereocenters. The van der Waals surface area contributed by atoms with E-state index in [4.69, 9.17) is 0 Å². The molecule has 1 aliphatic carbocycles. The van der Waals surface area contributed by atoms with Crippen molar-refractivity contribution in [2.24, 2.45) is 5.92 Å². The van der Waals surface area contributed by atoms with E-state index < -0.39 is 48.7 Å². The summed E-state index contributed by atoms with van der Waals surface area (Å²) in [6.07, 6.45) is -2.18. The second kappa shape index (κ2) is 6.89. The molecule has 25 heavy (non-hydrogen) atoms. The Kier molecular flexibility index (Phi) is 5.23. The minimum Gasteiger partial charge on any atom is -0.329 e. The number of hydrogen-bond donors (Lipinski definition) is 3. The topological polar surface area (TPSA) is 108 Å². The van der Waals surface area contributed by atoms with Crippen molar-refractivity contribution in [2.75, 3.05) is 13.1 Å². The highest BCUT2D eigenvalue weighted by Gasteiger charge is 2.52. The summed E-state index contributed by atoms with van der Waals surface area (Å²) in [6, 6.07) is -2.10. The molecule has 2 fully saturated rings. The largest absolute Gasteiger partial charge is 0.405 e. The van der Waals surface area contributed by atoms with Crippen molar-refractivity contribution in [3.8, 4) is 0 Å². The zero-order chi connectivity index (χ0) is 18.8. The molecule has 2 rings (SSSR count). The molecule has 1 aliphatic heterocycles. The lowest BCUT2D eigenvalue weighted by Gasteiger charge is -2.33. The van der Waals surface area contributed by atoms with Gasteiger partial charge in [0.2, 0.25) is 5.91 Å². The highest BCUT2D eigenvalue weighted by atomic mass is 19.4. The molecule has 0 radical (unpaired) electrons. The molecule has 3 N–H and O–H groups in total. The van der Waals surface area contributed by atoms with Gasteiger partial charge in [-0.1, -0.05) is 6.92 Å². The fourth-order valence-electron chi connectivity index (χ4n) is 2.95. The molecule has 1 spiro atoms. The normalized spacial score (nSPS) is 26.6. The standard InChI is InChI=1S/C14H19F3N4O4/c1-8-2-4-13(5-3-8)10(23)21(12(25)20-13)6-9(22)19-11(24)18-7-14(15,16)17/h8H,2-7H2,1H3,(H,20,25)(H2,18,19,22,24). The molecule has 0 atom stereocenters. The Hall–Kier alpha value is -2.33. The smallest absolute Gasteiger partial charge is 0.329 e. The number of nitrogens with zero attached hydrogens (tertiary/aromatic N) is 1. The molecule has 8 nitrogen and oxygen atoms in total. The Labute approximate surface area is 141 Å². The number of alkyl halides is 3. The van der Waals surface area contributed by atoms with Gasteiger partial charge in [-0.25, -0.2) is 9.59 Å². The lowest BCUT2D eigenvalue weighted by molar-refractivity contribution is -0.135. The van der Waals surface area contributed by atoms with Gasteiger partial charge in [0.05, 0.1) is 0 Å². The van der Waals surface area contributed by atoms with Crippen molar-refractivity contribution in [3.05, 3.63) is 0 Å². The van der Waals surface area contributed by atoms with Crippen molar-refractivity contribution >= 4 is 23.9 Å². The fourth-order valence-corrected chi connectivity index (χ4v) is 2.95. The second-order valence-corrected chi connectivity index (χ2v) is 6.43. The van der Waals surface area contributed by atoms with Gasteiger partial charge in [0.15, 0.2) is 0 Å². The molecule has 0 aromatic heterocycles. The summed E-state index contributed by atoms with van der Waals surface area (Å²) in [5.41, 5.74) is -1.03. The Bertz CT molecular complexity index is 585. The van der Waals surface area contributed by atoms with Gasteiger partial charge < -0.3 is 10.6 Å². The molecule has 140 valence electrons. The van der Waals surface area contributed by atoms with Gasteiger partial charge in [-0.2, -0.15) is 13.2 Å². The van der Waals surface area contributed by atoms with E-state index in [1.165, 1.54) is 5.32 Å². The number of urea groups is 2. The van der Waals surface area contributed by atoms with Crippen molar-refractivity contribution in [1.82, 2.24) is 20.9 Å². The van der Waals surface area contributed by atoms with E-state index in [9.17, 15) is 32.3 Å². The van der Waals surface area contributed by atoms with E-state index in [-0.39, 0.29) is 0 Å². The number of halogens is 3. The van der Waals surface area contributed by atoms with Gasteiger partial charge in [0.25, 0.3) is 5.91 Å². The first-order valence-corrected chi connectivity index (χ1v) is 7.81. The van der Waals surface area contributed by atoms with Crippen LogP contribution in [0, 0.1) is 5.92 Å². The van der Waals surface area contributed by atoms with Gasteiger partial charge >= 0.3 is 18.2 Å². The maximum absolute atomic E-state index is 12.5. The highest BCUT2D eigenvalue weighted by molar-refractivity contribution is 6.10. The Morgan fingerprint density at radius 1 is 1.28 bits per heavy atom. The summed E-state index contributed by atoms with van der Waals surface area (Å²) < 4.78 is 35.9. The summed E-state index contributed by atoms with van der Waals surface area (Å²) in [6.45, 7) is -0.295. The van der Waals surface area contributed by atoms with E-state index in [2.05, 4.69) is 5.32 Å². The Balaban J connectivity index is 1.89. The lowest BCUT2D eigenvalue weighted by atomic mass is 9.77. The quantitative estimate of drug-likeness (QED) is 0.646. The maximum Gasteiger partial charge on any atom is 0.405 e. The van der Waals surface area contributed by atoms with Crippen LogP contribution in [0.25, 0.3) is 0 Å². The van der Waals surface area contributed by atoms with Gasteiger partial charge in [-0.05, 0) is 31.6 Å². The molecule has 0 aromatic rings. The first kappa shape index (κ1) is 19.0. The highest BCUT2D eigenvalue weighted by Crippen LogP contribution is 2.36. The van der Waals surface area contributed by atoms with E-state index in [1.807, 2.05) is 6.92 Å². The minimum absolute atomic E-state index is 0.435. The summed E-state index contributed by atoms with van der Waals surface area (Å²) >= 11 is 0. The monoisotopic (exact) mass is 364 g/mol. The molecule has 1 saturated heterocycles. The van der Waals surface area contributed by atoms with Crippen molar-refractivity contribution in [2.45, 2.75) is 44.3 Å². The molecule has 1 heterocycles. The zero-order valence-corrected chi connectivity index (χ0v) is 13.5. The summed E-state index contributed by atoms with van der Waals surface area (Å²) in [5, 5.41) is 5.72. The minimum atomic E-state index is -4.62. The maximum atomic E-state index is 12.5. The molecule has 1 saturated carbocycles. The number of nitrogens with one attached hydrogen (secondary N) is 3. The van der Waals surface area contributed by atoms with E-state index in [1.54, 1.807) is 5.32 Å². The molecule has 0 bridgehead atoms. The molecular formula is C14H19F3N4O4. The average molecular weight is 364 g/mol. The van der Waals surface area contributed by atoms with Crippen LogP contribution in [0.2, 0.25) is 0 Å². The molecular weight excluding hydrogens is 345 g/mol. The average Bonchev–Trinajstić information content (AvgIpc) is 2.72. The molecule has 0 aromatic carbocycles. The Morgan fingerprint density at radius 3 is 2.44 bits per heavy atom. The van der Waals surface area contributed by atoms with Crippen LogP contribution in [0.3, 0.4) is 0 Å². The van der Waals surface area contributed by atoms with Crippen molar-refractivity contribution in [3.63, 3.8) is 0 Å². The molecule has 2 aliphatic rings. The third-order valence-corrected chi connectivity index (χ3v) is 4.38. The predicted octanol–water partition coefficient (Wildman–Crippen LogP) is 0.875.